The molecule has 5 nitrogen and oxygen atoms in total. The van der Waals surface area contributed by atoms with E-state index in [1.54, 1.807) is 13.0 Å². The van der Waals surface area contributed by atoms with Crippen molar-refractivity contribution in [3.05, 3.63) is 22.2 Å². The third-order valence-electron chi connectivity index (χ3n) is 2.88. The lowest BCUT2D eigenvalue weighted by Crippen LogP contribution is -2.17. The summed E-state index contributed by atoms with van der Waals surface area (Å²) in [5, 5.41) is 10.3. The first-order valence-electron chi connectivity index (χ1n) is 6.29. The molecule has 0 aliphatic heterocycles. The Morgan fingerprint density at radius 1 is 1.30 bits per heavy atom. The highest BCUT2D eigenvalue weighted by atomic mass is 35.5. The summed E-state index contributed by atoms with van der Waals surface area (Å²) in [7, 11) is 2.91. The van der Waals surface area contributed by atoms with E-state index in [1.165, 1.54) is 14.2 Å². The molecule has 0 aliphatic carbocycles. The molecule has 1 atom stereocenters. The molecular weight excluding hydrogens is 284 g/mol. The van der Waals surface area contributed by atoms with Crippen LogP contribution in [0.25, 0.3) is 0 Å². The predicted molar refractivity (Wildman–Crippen MR) is 75.5 cm³/mol. The minimum atomic E-state index is -1.45. The molecule has 20 heavy (non-hydrogen) atoms. The highest BCUT2D eigenvalue weighted by Crippen LogP contribution is 2.42. The van der Waals surface area contributed by atoms with Crippen LogP contribution in [0.1, 0.15) is 31.1 Å². The van der Waals surface area contributed by atoms with Crippen LogP contribution in [0, 0.1) is 0 Å². The van der Waals surface area contributed by atoms with Crippen LogP contribution in [0.5, 0.6) is 11.5 Å². The van der Waals surface area contributed by atoms with Crippen molar-refractivity contribution in [2.24, 2.45) is 0 Å². The summed E-state index contributed by atoms with van der Waals surface area (Å²) in [5.41, 5.74) is 1.05. The molecule has 1 N–H and O–H groups in total. The molecule has 1 aromatic rings. The number of halogens is 1. The van der Waals surface area contributed by atoms with E-state index in [0.29, 0.717) is 12.2 Å². The maximum absolute atomic E-state index is 11.7. The van der Waals surface area contributed by atoms with Crippen LogP contribution >= 0.6 is 11.6 Å². The van der Waals surface area contributed by atoms with Crippen LogP contribution in [-0.4, -0.2) is 31.9 Å². The standard InChI is InChI=1S/C14H19ClO5/c1-5-8-7-9(11(16)14(17)20-6-2)13(19-4)10(15)12(8)18-3/h7,11,16H,5-6H2,1-4H3. The quantitative estimate of drug-likeness (QED) is 0.818. The molecule has 0 fully saturated rings. The number of hydrogen-bond acceptors (Lipinski definition) is 5. The van der Waals surface area contributed by atoms with Crippen LogP contribution in [0.15, 0.2) is 6.07 Å². The van der Waals surface area contributed by atoms with E-state index in [0.717, 1.165) is 5.56 Å². The van der Waals surface area contributed by atoms with Crippen molar-refractivity contribution in [3.63, 3.8) is 0 Å². The molecule has 1 aromatic carbocycles. The lowest BCUT2D eigenvalue weighted by molar-refractivity contribution is -0.153. The first kappa shape index (κ1) is 16.6. The van der Waals surface area contributed by atoms with E-state index in [-0.39, 0.29) is 22.9 Å². The number of rotatable bonds is 6. The second-order valence-electron chi connectivity index (χ2n) is 4.01. The van der Waals surface area contributed by atoms with E-state index < -0.39 is 12.1 Å². The molecule has 0 bridgehead atoms. The lowest BCUT2D eigenvalue weighted by atomic mass is 10.0. The van der Waals surface area contributed by atoms with Crippen molar-refractivity contribution in [1.29, 1.82) is 0 Å². The van der Waals surface area contributed by atoms with Gasteiger partial charge in [0.1, 0.15) is 16.5 Å². The van der Waals surface area contributed by atoms with Gasteiger partial charge in [-0.3, -0.25) is 0 Å². The third-order valence-corrected chi connectivity index (χ3v) is 3.22. The summed E-state index contributed by atoms with van der Waals surface area (Å²) < 4.78 is 15.2. The Labute approximate surface area is 123 Å². The van der Waals surface area contributed by atoms with Crippen molar-refractivity contribution >= 4 is 17.6 Å². The second-order valence-corrected chi connectivity index (χ2v) is 4.39. The number of carbonyl (C=O) groups excluding carboxylic acids is 1. The summed E-state index contributed by atoms with van der Waals surface area (Å²) in [6.07, 6.45) is -0.811. The molecule has 0 heterocycles. The van der Waals surface area contributed by atoms with Crippen molar-refractivity contribution in [1.82, 2.24) is 0 Å². The van der Waals surface area contributed by atoms with Crippen LogP contribution in [-0.2, 0) is 16.0 Å². The van der Waals surface area contributed by atoms with E-state index in [9.17, 15) is 9.90 Å². The van der Waals surface area contributed by atoms with Gasteiger partial charge in [0, 0.05) is 5.56 Å². The molecule has 0 amide bonds. The maximum atomic E-state index is 11.7. The minimum absolute atomic E-state index is 0.183. The van der Waals surface area contributed by atoms with E-state index >= 15 is 0 Å². The molecule has 0 saturated heterocycles. The largest absolute Gasteiger partial charge is 0.495 e. The normalized spacial score (nSPS) is 11.9. The molecule has 6 heteroatoms. The van der Waals surface area contributed by atoms with Gasteiger partial charge in [0.2, 0.25) is 0 Å². The Bertz CT molecular complexity index is 487. The Balaban J connectivity index is 3.38. The van der Waals surface area contributed by atoms with Gasteiger partial charge in [-0.25, -0.2) is 4.79 Å². The van der Waals surface area contributed by atoms with Gasteiger partial charge in [-0.05, 0) is 25.0 Å². The number of ether oxygens (including phenoxy) is 3. The zero-order chi connectivity index (χ0) is 15.3. The van der Waals surface area contributed by atoms with Crippen LogP contribution < -0.4 is 9.47 Å². The zero-order valence-electron chi connectivity index (χ0n) is 12.0. The summed E-state index contributed by atoms with van der Waals surface area (Å²) in [5.74, 6) is -0.0545. The van der Waals surface area contributed by atoms with E-state index in [4.69, 9.17) is 25.8 Å². The molecule has 0 spiro atoms. The van der Waals surface area contributed by atoms with E-state index in [1.807, 2.05) is 6.92 Å². The van der Waals surface area contributed by atoms with Gasteiger partial charge in [0.15, 0.2) is 6.10 Å². The second kappa shape index (κ2) is 7.36. The minimum Gasteiger partial charge on any atom is -0.495 e. The Kier molecular flexibility index (Phi) is 6.10. The Hall–Kier alpha value is -1.46. The van der Waals surface area contributed by atoms with Crippen molar-refractivity contribution < 1.29 is 24.1 Å². The topological polar surface area (TPSA) is 65.0 Å². The molecule has 0 radical (unpaired) electrons. The van der Waals surface area contributed by atoms with Gasteiger partial charge in [-0.15, -0.1) is 0 Å². The Morgan fingerprint density at radius 3 is 2.35 bits per heavy atom. The highest BCUT2D eigenvalue weighted by molar-refractivity contribution is 6.33. The van der Waals surface area contributed by atoms with Gasteiger partial charge >= 0.3 is 5.97 Å². The van der Waals surface area contributed by atoms with Crippen molar-refractivity contribution in [2.45, 2.75) is 26.4 Å². The number of benzene rings is 1. The molecule has 0 saturated carbocycles. The molecule has 1 unspecified atom stereocenters. The monoisotopic (exact) mass is 302 g/mol. The number of aliphatic hydroxyl groups excluding tert-OH is 1. The van der Waals surface area contributed by atoms with Gasteiger partial charge < -0.3 is 19.3 Å². The fourth-order valence-electron chi connectivity index (χ4n) is 1.93. The number of aliphatic hydroxyl groups is 1. The molecule has 0 aromatic heterocycles. The lowest BCUT2D eigenvalue weighted by Gasteiger charge is -2.19. The van der Waals surface area contributed by atoms with Crippen molar-refractivity contribution in [3.8, 4) is 11.5 Å². The summed E-state index contributed by atoms with van der Waals surface area (Å²) >= 11 is 6.21. The number of methoxy groups -OCH3 is 2. The van der Waals surface area contributed by atoms with Crippen molar-refractivity contribution in [2.75, 3.05) is 20.8 Å². The van der Waals surface area contributed by atoms with E-state index in [2.05, 4.69) is 0 Å². The zero-order valence-corrected chi connectivity index (χ0v) is 12.8. The summed E-state index contributed by atoms with van der Waals surface area (Å²) in [4.78, 5) is 11.7. The average Bonchev–Trinajstić information content (AvgIpc) is 2.45. The predicted octanol–water partition coefficient (Wildman–Crippen LogP) is 2.52. The summed E-state index contributed by atoms with van der Waals surface area (Å²) in [6.45, 7) is 3.77. The van der Waals surface area contributed by atoms with Crippen LogP contribution in [0.4, 0.5) is 0 Å². The van der Waals surface area contributed by atoms with Gasteiger partial charge in [0.05, 0.1) is 20.8 Å². The number of esters is 1. The molecule has 0 aliphatic rings. The first-order chi connectivity index (χ1) is 9.51. The van der Waals surface area contributed by atoms with Gasteiger partial charge in [-0.1, -0.05) is 18.5 Å². The third kappa shape index (κ3) is 3.16. The number of carbonyl (C=O) groups is 1. The fraction of sp³-hybridized carbons (Fsp3) is 0.500. The van der Waals surface area contributed by atoms with Gasteiger partial charge in [-0.2, -0.15) is 0 Å². The first-order valence-corrected chi connectivity index (χ1v) is 6.67. The smallest absolute Gasteiger partial charge is 0.339 e. The fourth-order valence-corrected chi connectivity index (χ4v) is 2.32. The van der Waals surface area contributed by atoms with Crippen LogP contribution in [0.3, 0.4) is 0 Å². The molecule has 1 rings (SSSR count). The number of hydrogen-bond donors (Lipinski definition) is 1. The highest BCUT2D eigenvalue weighted by Gasteiger charge is 2.27. The SMILES string of the molecule is CCOC(=O)C(O)c1cc(CC)c(OC)c(Cl)c1OC. The average molecular weight is 303 g/mol. The molecular formula is C14H19ClO5. The van der Waals surface area contributed by atoms with Gasteiger partial charge in [0.25, 0.3) is 0 Å². The molecule has 112 valence electrons. The Morgan fingerprint density at radius 2 is 1.90 bits per heavy atom. The summed E-state index contributed by atoms with van der Waals surface area (Å²) in [6, 6.07) is 1.64. The number of aryl methyl sites for hydroxylation is 1. The van der Waals surface area contributed by atoms with Crippen LogP contribution in [0.2, 0.25) is 5.02 Å². The maximum Gasteiger partial charge on any atom is 0.339 e.